The van der Waals surface area contributed by atoms with Crippen LogP contribution in [0.2, 0.25) is 5.02 Å². The molecule has 0 radical (unpaired) electrons. The van der Waals surface area contributed by atoms with Gasteiger partial charge in [0.15, 0.2) is 6.61 Å². The van der Waals surface area contributed by atoms with E-state index in [2.05, 4.69) is 41.5 Å². The molecular formula is C38H32ClF3N8O7. The van der Waals surface area contributed by atoms with E-state index in [0.717, 1.165) is 5.56 Å². The van der Waals surface area contributed by atoms with E-state index in [1.807, 2.05) is 18.2 Å². The molecule has 6 N–H and O–H groups in total. The number of carboxylic acids is 1. The highest BCUT2D eigenvalue weighted by Gasteiger charge is 2.45. The maximum absolute atomic E-state index is 13.0. The first-order valence-corrected chi connectivity index (χ1v) is 17.4. The normalized spacial score (nSPS) is 13.3. The summed E-state index contributed by atoms with van der Waals surface area (Å²) in [7, 11) is 0. The quantitative estimate of drug-likeness (QED) is 0.0670. The predicted octanol–water partition coefficient (Wildman–Crippen LogP) is 6.04. The summed E-state index contributed by atoms with van der Waals surface area (Å²) in [4.78, 5) is 62.2. The van der Waals surface area contributed by atoms with E-state index < -0.39 is 60.6 Å². The van der Waals surface area contributed by atoms with Gasteiger partial charge in [0.2, 0.25) is 11.9 Å². The van der Waals surface area contributed by atoms with Crippen LogP contribution in [-0.2, 0) is 19.9 Å². The fourth-order valence-corrected chi connectivity index (χ4v) is 5.40. The standard InChI is InChI=1S/C38H32ClF3N8O7/c39-24-13-11-23(12-14-24)37(17-18-37)50-35-47-34(48-36(49-35)56-21-38(40,41)42)45-25-15-9-22(10-16-25)30(51)46-29(33(54)55)20-43-31(52)32(53)44-26-5-4-8-28(19-26)57-27-6-2-1-3-7-27/h1-16,19,29H,17-18,20-21H2,(H,43,52)(H,44,53)(H,46,51)(H,54,55)(H2,45,47,48,49,50)/t29-/m0/s1. The van der Waals surface area contributed by atoms with Gasteiger partial charge >= 0.3 is 30.0 Å². The van der Waals surface area contributed by atoms with E-state index in [0.29, 0.717) is 35.1 Å². The SMILES string of the molecule is O=C(NC[C@H](NC(=O)c1ccc(Nc2nc(NC3(c4ccc(Cl)cc4)CC3)nc(OCC(F)(F)F)n2)cc1)C(=O)O)C(=O)Nc1cccc(Oc2ccccc2)c1. The molecule has 0 spiro atoms. The van der Waals surface area contributed by atoms with Crippen LogP contribution in [0.1, 0.15) is 28.8 Å². The third-order valence-electron chi connectivity index (χ3n) is 8.23. The molecule has 0 saturated heterocycles. The van der Waals surface area contributed by atoms with Gasteiger partial charge in [0.25, 0.3) is 5.91 Å². The topological polar surface area (TPSA) is 206 Å². The molecule has 0 aliphatic heterocycles. The zero-order valence-electron chi connectivity index (χ0n) is 29.5. The van der Waals surface area contributed by atoms with E-state index in [1.165, 1.54) is 36.4 Å². The second kappa shape index (κ2) is 17.2. The molecular weight excluding hydrogens is 773 g/mol. The molecule has 6 rings (SSSR count). The number of nitrogens with zero attached hydrogens (tertiary/aromatic N) is 3. The minimum absolute atomic E-state index is 0.0133. The number of aromatic nitrogens is 3. The molecule has 294 valence electrons. The maximum atomic E-state index is 13.0. The van der Waals surface area contributed by atoms with E-state index in [9.17, 15) is 37.5 Å². The molecule has 0 unspecified atom stereocenters. The third kappa shape index (κ3) is 11.3. The Kier molecular flexibility index (Phi) is 12.0. The van der Waals surface area contributed by atoms with Gasteiger partial charge in [-0.15, -0.1) is 0 Å². The largest absolute Gasteiger partial charge is 0.480 e. The number of carbonyl (C=O) groups is 4. The highest BCUT2D eigenvalue weighted by atomic mass is 35.5. The average molecular weight is 805 g/mol. The zero-order chi connectivity index (χ0) is 40.6. The number of alkyl halides is 3. The Bertz CT molecular complexity index is 2240. The number of benzene rings is 4. The Balaban J connectivity index is 1.05. The van der Waals surface area contributed by atoms with E-state index in [1.54, 1.807) is 48.5 Å². The Morgan fingerprint density at radius 3 is 2.16 bits per heavy atom. The van der Waals surface area contributed by atoms with Crippen molar-refractivity contribution in [2.75, 3.05) is 29.1 Å². The number of ether oxygens (including phenoxy) is 2. The second-order valence-electron chi connectivity index (χ2n) is 12.6. The highest BCUT2D eigenvalue weighted by molar-refractivity contribution is 6.39. The van der Waals surface area contributed by atoms with Gasteiger partial charge in [-0.25, -0.2) is 4.79 Å². The van der Waals surface area contributed by atoms with E-state index in [-0.39, 0.29) is 23.1 Å². The summed E-state index contributed by atoms with van der Waals surface area (Å²) in [6.45, 7) is -2.27. The molecule has 15 nitrogen and oxygen atoms in total. The first kappa shape index (κ1) is 39.7. The third-order valence-corrected chi connectivity index (χ3v) is 8.48. The van der Waals surface area contributed by atoms with Crippen molar-refractivity contribution in [2.45, 2.75) is 30.6 Å². The number of rotatable bonds is 15. The van der Waals surface area contributed by atoms with Crippen molar-refractivity contribution < 1.29 is 46.9 Å². The van der Waals surface area contributed by atoms with Crippen LogP contribution in [0.25, 0.3) is 0 Å². The van der Waals surface area contributed by atoms with Gasteiger partial charge in [0.05, 0.1) is 5.54 Å². The van der Waals surface area contributed by atoms with Crippen molar-refractivity contribution in [1.82, 2.24) is 25.6 Å². The summed E-state index contributed by atoms with van der Waals surface area (Å²) in [6, 6.07) is 25.5. The summed E-state index contributed by atoms with van der Waals surface area (Å²) >= 11 is 6.02. The van der Waals surface area contributed by atoms with Gasteiger partial charge in [-0.2, -0.15) is 28.1 Å². The summed E-state index contributed by atoms with van der Waals surface area (Å²) in [5.74, 6) is -3.82. The molecule has 1 fully saturated rings. The fourth-order valence-electron chi connectivity index (χ4n) is 5.27. The van der Waals surface area contributed by atoms with E-state index in [4.69, 9.17) is 21.1 Å². The Morgan fingerprint density at radius 2 is 1.49 bits per heavy atom. The van der Waals surface area contributed by atoms with Crippen molar-refractivity contribution in [2.24, 2.45) is 0 Å². The summed E-state index contributed by atoms with van der Waals surface area (Å²) in [5.41, 5.74) is 0.856. The first-order chi connectivity index (χ1) is 27.2. The lowest BCUT2D eigenvalue weighted by Crippen LogP contribution is -2.50. The molecule has 1 aromatic heterocycles. The van der Waals surface area contributed by atoms with Crippen molar-refractivity contribution in [1.29, 1.82) is 0 Å². The molecule has 57 heavy (non-hydrogen) atoms. The molecule has 0 bridgehead atoms. The van der Waals surface area contributed by atoms with Gasteiger partial charge in [-0.05, 0) is 79.1 Å². The number of anilines is 4. The van der Waals surface area contributed by atoms with Crippen LogP contribution in [0.3, 0.4) is 0 Å². The highest BCUT2D eigenvalue weighted by Crippen LogP contribution is 2.48. The van der Waals surface area contributed by atoms with Crippen LogP contribution in [0.5, 0.6) is 17.5 Å². The molecule has 5 aromatic rings. The van der Waals surface area contributed by atoms with Crippen molar-refractivity contribution >= 4 is 58.6 Å². The minimum atomic E-state index is -4.66. The number of hydrogen-bond donors (Lipinski definition) is 6. The number of carbonyl (C=O) groups excluding carboxylic acids is 3. The average Bonchev–Trinajstić information content (AvgIpc) is 3.96. The number of para-hydroxylation sites is 1. The van der Waals surface area contributed by atoms with E-state index >= 15 is 0 Å². The Hall–Kier alpha value is -6.95. The van der Waals surface area contributed by atoms with Gasteiger partial charge in [0, 0.05) is 34.6 Å². The van der Waals surface area contributed by atoms with Crippen LogP contribution in [0, 0.1) is 0 Å². The molecule has 1 atom stereocenters. The maximum Gasteiger partial charge on any atom is 0.422 e. The first-order valence-electron chi connectivity index (χ1n) is 17.1. The number of amides is 3. The Morgan fingerprint density at radius 1 is 0.807 bits per heavy atom. The number of nitrogens with one attached hydrogen (secondary N) is 5. The molecule has 1 saturated carbocycles. The second-order valence-corrected chi connectivity index (χ2v) is 13.0. The monoisotopic (exact) mass is 804 g/mol. The molecule has 1 heterocycles. The van der Waals surface area contributed by atoms with Crippen LogP contribution in [0.15, 0.2) is 103 Å². The fraction of sp³-hybridized carbons (Fsp3) is 0.184. The van der Waals surface area contributed by atoms with Gasteiger partial charge < -0.3 is 41.2 Å². The van der Waals surface area contributed by atoms with Crippen LogP contribution < -0.4 is 36.1 Å². The number of hydrogen-bond acceptors (Lipinski definition) is 11. The van der Waals surface area contributed by atoms with Crippen molar-refractivity contribution in [3.63, 3.8) is 0 Å². The summed E-state index contributed by atoms with van der Waals surface area (Å²) in [5, 5.41) is 23.1. The van der Waals surface area contributed by atoms with Crippen molar-refractivity contribution in [3.8, 4) is 17.5 Å². The van der Waals surface area contributed by atoms with Crippen LogP contribution in [0.4, 0.5) is 36.4 Å². The van der Waals surface area contributed by atoms with Crippen molar-refractivity contribution in [3.05, 3.63) is 119 Å². The molecule has 4 aromatic carbocycles. The number of aliphatic carboxylic acids is 1. The van der Waals surface area contributed by atoms with Gasteiger partial charge in [-0.1, -0.05) is 48.0 Å². The Labute approximate surface area is 327 Å². The van der Waals surface area contributed by atoms with Crippen LogP contribution >= 0.6 is 11.6 Å². The lowest BCUT2D eigenvalue weighted by molar-refractivity contribution is -0.154. The molecule has 3 amide bonds. The number of carboxylic acid groups (broad SMARTS) is 1. The van der Waals surface area contributed by atoms with Crippen LogP contribution in [-0.4, -0.2) is 69.1 Å². The minimum Gasteiger partial charge on any atom is -0.480 e. The predicted molar refractivity (Wildman–Crippen MR) is 201 cm³/mol. The van der Waals surface area contributed by atoms with Gasteiger partial charge in [-0.3, -0.25) is 14.4 Å². The lowest BCUT2D eigenvalue weighted by atomic mass is 10.1. The summed E-state index contributed by atoms with van der Waals surface area (Å²) < 4.78 is 49.4. The van der Waals surface area contributed by atoms with Gasteiger partial charge in [0.1, 0.15) is 17.5 Å². The molecule has 1 aliphatic carbocycles. The molecule has 1 aliphatic rings. The summed E-state index contributed by atoms with van der Waals surface area (Å²) in [6.07, 6.45) is -3.27. The lowest BCUT2D eigenvalue weighted by Gasteiger charge is -2.19. The zero-order valence-corrected chi connectivity index (χ0v) is 30.2. The molecule has 19 heteroatoms. The number of halogens is 4. The smallest absolute Gasteiger partial charge is 0.422 e.